The number of nitrogens with one attached hydrogen (secondary N) is 1. The first-order valence-corrected chi connectivity index (χ1v) is 8.35. The summed E-state index contributed by atoms with van der Waals surface area (Å²) < 4.78 is 36.3. The number of benzene rings is 1. The van der Waals surface area contributed by atoms with E-state index in [4.69, 9.17) is 5.14 Å². The van der Waals surface area contributed by atoms with Gasteiger partial charge in [0.05, 0.1) is 4.90 Å². The molecule has 1 aromatic carbocycles. The molecule has 3 N–H and O–H groups in total. The molecular weight excluding hydrogens is 279 g/mol. The Bertz CT molecular complexity index is 544. The molecule has 1 rings (SSSR count). The summed E-state index contributed by atoms with van der Waals surface area (Å²) in [5.74, 6) is -0.167. The Morgan fingerprint density at radius 1 is 1.35 bits per heavy atom. The average molecular weight is 302 g/mol. The largest absolute Gasteiger partial charge is 0.313 e. The zero-order valence-corrected chi connectivity index (χ0v) is 13.0. The van der Waals surface area contributed by atoms with Crippen molar-refractivity contribution in [3.8, 4) is 0 Å². The van der Waals surface area contributed by atoms with Gasteiger partial charge in [0.1, 0.15) is 5.82 Å². The molecule has 1 aromatic rings. The topological polar surface area (TPSA) is 72.2 Å². The van der Waals surface area contributed by atoms with Crippen molar-refractivity contribution in [3.63, 3.8) is 0 Å². The summed E-state index contributed by atoms with van der Waals surface area (Å²) in [6, 6.07) is 4.00. The summed E-state index contributed by atoms with van der Waals surface area (Å²) in [5, 5.41) is 8.36. The van der Waals surface area contributed by atoms with E-state index in [1.807, 2.05) is 0 Å². The maximum Gasteiger partial charge on any atom is 0.238 e. The predicted molar refractivity (Wildman–Crippen MR) is 78.4 cm³/mol. The van der Waals surface area contributed by atoms with Gasteiger partial charge in [-0.15, -0.1) is 0 Å². The van der Waals surface area contributed by atoms with E-state index in [0.29, 0.717) is 17.9 Å². The Kier molecular flexibility index (Phi) is 6.10. The standard InChI is InChI=1S/C14H23FN2O2S/c1-4-7-17-14(10(2)3)8-11-5-6-12(9-13(11)15)20(16,18)19/h5-6,9-10,14,17H,4,7-8H2,1-3H3,(H2,16,18,19). The molecule has 0 aliphatic heterocycles. The molecule has 20 heavy (non-hydrogen) atoms. The quantitative estimate of drug-likeness (QED) is 0.809. The van der Waals surface area contributed by atoms with Gasteiger partial charge in [-0.1, -0.05) is 26.8 Å². The van der Waals surface area contributed by atoms with Crippen LogP contribution in [0.15, 0.2) is 23.1 Å². The Hall–Kier alpha value is -0.980. The van der Waals surface area contributed by atoms with E-state index in [-0.39, 0.29) is 10.9 Å². The zero-order valence-electron chi connectivity index (χ0n) is 12.2. The van der Waals surface area contributed by atoms with Crippen LogP contribution in [0.3, 0.4) is 0 Å². The molecule has 0 aliphatic rings. The van der Waals surface area contributed by atoms with Crippen molar-refractivity contribution in [2.45, 2.75) is 44.6 Å². The molecule has 1 unspecified atom stereocenters. The fourth-order valence-electron chi connectivity index (χ4n) is 1.98. The maximum absolute atomic E-state index is 14.0. The van der Waals surface area contributed by atoms with E-state index in [0.717, 1.165) is 19.0 Å². The molecule has 0 saturated carbocycles. The predicted octanol–water partition coefficient (Wildman–Crippen LogP) is 2.04. The molecule has 0 bridgehead atoms. The number of hydrogen-bond donors (Lipinski definition) is 2. The Morgan fingerprint density at radius 3 is 2.45 bits per heavy atom. The smallest absolute Gasteiger partial charge is 0.238 e. The molecule has 0 heterocycles. The van der Waals surface area contributed by atoms with Gasteiger partial charge in [-0.05, 0) is 43.0 Å². The molecule has 114 valence electrons. The Labute approximate surface area is 120 Å². The molecule has 0 aromatic heterocycles. The van der Waals surface area contributed by atoms with Crippen LogP contribution >= 0.6 is 0 Å². The summed E-state index contributed by atoms with van der Waals surface area (Å²) >= 11 is 0. The number of primary sulfonamides is 1. The average Bonchev–Trinajstić information content (AvgIpc) is 2.34. The van der Waals surface area contributed by atoms with Gasteiger partial charge in [-0.3, -0.25) is 0 Å². The normalized spacial score (nSPS) is 13.7. The third kappa shape index (κ3) is 4.85. The second-order valence-corrected chi connectivity index (χ2v) is 6.87. The lowest BCUT2D eigenvalue weighted by Gasteiger charge is -2.22. The molecule has 0 saturated heterocycles. The van der Waals surface area contributed by atoms with Gasteiger partial charge in [0, 0.05) is 6.04 Å². The van der Waals surface area contributed by atoms with E-state index in [9.17, 15) is 12.8 Å². The van der Waals surface area contributed by atoms with Crippen LogP contribution in [-0.4, -0.2) is 21.0 Å². The highest BCUT2D eigenvalue weighted by molar-refractivity contribution is 7.89. The molecular formula is C14H23FN2O2S. The monoisotopic (exact) mass is 302 g/mol. The molecule has 0 amide bonds. The fraction of sp³-hybridized carbons (Fsp3) is 0.571. The molecule has 0 spiro atoms. The van der Waals surface area contributed by atoms with Gasteiger partial charge >= 0.3 is 0 Å². The first-order chi connectivity index (χ1) is 9.25. The number of rotatable bonds is 7. The fourth-order valence-corrected chi connectivity index (χ4v) is 2.51. The van der Waals surface area contributed by atoms with Crippen molar-refractivity contribution >= 4 is 10.0 Å². The molecule has 0 aliphatic carbocycles. The first-order valence-electron chi connectivity index (χ1n) is 6.80. The lowest BCUT2D eigenvalue weighted by Crippen LogP contribution is -2.36. The highest BCUT2D eigenvalue weighted by Gasteiger charge is 2.17. The number of sulfonamides is 1. The van der Waals surface area contributed by atoms with E-state index < -0.39 is 15.8 Å². The van der Waals surface area contributed by atoms with E-state index >= 15 is 0 Å². The number of nitrogens with two attached hydrogens (primary N) is 1. The van der Waals surface area contributed by atoms with Crippen molar-refractivity contribution in [1.29, 1.82) is 0 Å². The van der Waals surface area contributed by atoms with Crippen molar-refractivity contribution < 1.29 is 12.8 Å². The molecule has 1 atom stereocenters. The van der Waals surface area contributed by atoms with E-state index in [1.165, 1.54) is 12.1 Å². The van der Waals surface area contributed by atoms with Crippen LogP contribution in [0.4, 0.5) is 4.39 Å². The van der Waals surface area contributed by atoms with Crippen LogP contribution in [-0.2, 0) is 16.4 Å². The lowest BCUT2D eigenvalue weighted by molar-refractivity contribution is 0.392. The van der Waals surface area contributed by atoms with Crippen LogP contribution < -0.4 is 10.5 Å². The van der Waals surface area contributed by atoms with Crippen LogP contribution in [0.1, 0.15) is 32.8 Å². The summed E-state index contributed by atoms with van der Waals surface area (Å²) in [7, 11) is -3.86. The molecule has 6 heteroatoms. The highest BCUT2D eigenvalue weighted by atomic mass is 32.2. The summed E-state index contributed by atoms with van der Waals surface area (Å²) in [4.78, 5) is -0.193. The minimum absolute atomic E-state index is 0.157. The molecule has 4 nitrogen and oxygen atoms in total. The van der Waals surface area contributed by atoms with Gasteiger partial charge in [-0.2, -0.15) is 0 Å². The Morgan fingerprint density at radius 2 is 2.00 bits per heavy atom. The van der Waals surface area contributed by atoms with Gasteiger partial charge < -0.3 is 5.32 Å². The second kappa shape index (κ2) is 7.15. The third-order valence-electron chi connectivity index (χ3n) is 3.25. The maximum atomic E-state index is 14.0. The first kappa shape index (κ1) is 17.1. The zero-order chi connectivity index (χ0) is 15.3. The van der Waals surface area contributed by atoms with Crippen molar-refractivity contribution in [2.75, 3.05) is 6.54 Å². The highest BCUT2D eigenvalue weighted by Crippen LogP contribution is 2.17. The molecule has 0 radical (unpaired) electrons. The van der Waals surface area contributed by atoms with Crippen molar-refractivity contribution in [1.82, 2.24) is 5.32 Å². The SMILES string of the molecule is CCCNC(Cc1ccc(S(N)(=O)=O)cc1F)C(C)C. The number of hydrogen-bond acceptors (Lipinski definition) is 3. The summed E-state index contributed by atoms with van der Waals surface area (Å²) in [6.45, 7) is 7.10. The van der Waals surface area contributed by atoms with Crippen LogP contribution in [0.2, 0.25) is 0 Å². The van der Waals surface area contributed by atoms with E-state index in [1.54, 1.807) is 0 Å². The van der Waals surface area contributed by atoms with Gasteiger partial charge in [0.25, 0.3) is 0 Å². The van der Waals surface area contributed by atoms with Gasteiger partial charge in [0.2, 0.25) is 10.0 Å². The third-order valence-corrected chi connectivity index (χ3v) is 4.17. The minimum Gasteiger partial charge on any atom is -0.313 e. The van der Waals surface area contributed by atoms with Crippen molar-refractivity contribution in [3.05, 3.63) is 29.6 Å². The second-order valence-electron chi connectivity index (χ2n) is 5.31. The van der Waals surface area contributed by atoms with Crippen molar-refractivity contribution in [2.24, 2.45) is 11.1 Å². The Balaban J connectivity index is 2.91. The summed E-state index contributed by atoms with van der Waals surface area (Å²) in [5.41, 5.74) is 0.500. The van der Waals surface area contributed by atoms with Crippen LogP contribution in [0.25, 0.3) is 0 Å². The van der Waals surface area contributed by atoms with E-state index in [2.05, 4.69) is 26.1 Å². The summed E-state index contributed by atoms with van der Waals surface area (Å²) in [6.07, 6.45) is 1.53. The minimum atomic E-state index is -3.86. The lowest BCUT2D eigenvalue weighted by atomic mass is 9.96. The van der Waals surface area contributed by atoms with Crippen LogP contribution in [0, 0.1) is 11.7 Å². The van der Waals surface area contributed by atoms with Gasteiger partial charge in [0.15, 0.2) is 0 Å². The van der Waals surface area contributed by atoms with Gasteiger partial charge in [-0.25, -0.2) is 17.9 Å². The molecule has 0 fully saturated rings. The number of halogens is 1. The van der Waals surface area contributed by atoms with Crippen LogP contribution in [0.5, 0.6) is 0 Å².